The summed E-state index contributed by atoms with van der Waals surface area (Å²) in [6.45, 7) is 14.3. The van der Waals surface area contributed by atoms with Gasteiger partial charge in [0.05, 0.1) is 29.4 Å². The van der Waals surface area contributed by atoms with Crippen molar-refractivity contribution in [3.05, 3.63) is 12.0 Å². The topological polar surface area (TPSA) is 45.5 Å². The van der Waals surface area contributed by atoms with Crippen molar-refractivity contribution in [2.75, 3.05) is 13.2 Å². The quantitative estimate of drug-likeness (QED) is 0.803. The number of hydrogen-bond donors (Lipinski definition) is 0. The molecule has 0 N–H and O–H groups in total. The predicted molar refractivity (Wildman–Crippen MR) is 91.1 cm³/mol. The van der Waals surface area contributed by atoms with Crippen molar-refractivity contribution < 1.29 is 14.0 Å². The van der Waals surface area contributed by atoms with Crippen LogP contribution in [-0.2, 0) is 14.0 Å². The Kier molecular flexibility index (Phi) is 4.36. The highest BCUT2D eigenvalue weighted by molar-refractivity contribution is 6.61. The lowest BCUT2D eigenvalue weighted by Crippen LogP contribution is -2.41. The second-order valence-corrected chi connectivity index (χ2v) is 8.05. The van der Waals surface area contributed by atoms with Crippen LogP contribution >= 0.6 is 0 Å². The van der Waals surface area contributed by atoms with Crippen LogP contribution in [0.1, 0.15) is 72.2 Å². The third-order valence-corrected chi connectivity index (χ3v) is 5.32. The van der Waals surface area contributed by atoms with Crippen LogP contribution in [0.4, 0.5) is 0 Å². The van der Waals surface area contributed by atoms with E-state index in [1.807, 2.05) is 0 Å². The standard InChI is InChI=1S/C17H29BN2O3/c1-12(2)15-19-14(10-20(15)13-8-7-9-21-11-13)18-22-16(3,4)17(5,6)23-18/h10,12-13H,7-9,11H2,1-6H3. The molecule has 2 saturated heterocycles. The third kappa shape index (κ3) is 3.09. The van der Waals surface area contributed by atoms with E-state index in [2.05, 4.69) is 52.3 Å². The average Bonchev–Trinajstić information content (AvgIpc) is 3.00. The number of ether oxygens (including phenoxy) is 1. The Labute approximate surface area is 139 Å². The first-order valence-electron chi connectivity index (χ1n) is 8.73. The largest absolute Gasteiger partial charge is 0.516 e. The van der Waals surface area contributed by atoms with Crippen LogP contribution in [-0.4, -0.2) is 41.1 Å². The van der Waals surface area contributed by atoms with Crippen molar-refractivity contribution in [2.24, 2.45) is 0 Å². The molecule has 1 aromatic heterocycles. The number of nitrogens with zero attached hydrogens (tertiary/aromatic N) is 2. The van der Waals surface area contributed by atoms with E-state index in [-0.39, 0.29) is 11.2 Å². The van der Waals surface area contributed by atoms with Gasteiger partial charge in [-0.3, -0.25) is 0 Å². The lowest BCUT2D eigenvalue weighted by molar-refractivity contribution is 0.00578. The number of rotatable bonds is 3. The first-order chi connectivity index (χ1) is 10.7. The van der Waals surface area contributed by atoms with Crippen LogP contribution in [0.15, 0.2) is 6.20 Å². The molecule has 2 fully saturated rings. The average molecular weight is 320 g/mol. The molecule has 1 atom stereocenters. The summed E-state index contributed by atoms with van der Waals surface area (Å²) in [5, 5.41) is 0. The van der Waals surface area contributed by atoms with Gasteiger partial charge in [0, 0.05) is 18.7 Å². The highest BCUT2D eigenvalue weighted by Crippen LogP contribution is 2.36. The molecule has 1 aromatic rings. The first kappa shape index (κ1) is 17.0. The Morgan fingerprint density at radius 1 is 1.22 bits per heavy atom. The molecular weight excluding hydrogens is 291 g/mol. The van der Waals surface area contributed by atoms with E-state index in [9.17, 15) is 0 Å². The highest BCUT2D eigenvalue weighted by Gasteiger charge is 2.52. The molecule has 0 aliphatic carbocycles. The molecule has 0 amide bonds. The summed E-state index contributed by atoms with van der Waals surface area (Å²) >= 11 is 0. The summed E-state index contributed by atoms with van der Waals surface area (Å²) < 4.78 is 20.3. The molecule has 2 aliphatic heterocycles. The Morgan fingerprint density at radius 3 is 2.39 bits per heavy atom. The molecule has 5 nitrogen and oxygen atoms in total. The smallest absolute Gasteiger partial charge is 0.398 e. The van der Waals surface area contributed by atoms with Crippen LogP contribution in [0.25, 0.3) is 0 Å². The van der Waals surface area contributed by atoms with Crippen LogP contribution in [0, 0.1) is 0 Å². The molecule has 0 aromatic carbocycles. The number of aromatic nitrogens is 2. The normalized spacial score (nSPS) is 26.9. The van der Waals surface area contributed by atoms with Crippen molar-refractivity contribution in [3.63, 3.8) is 0 Å². The molecule has 23 heavy (non-hydrogen) atoms. The van der Waals surface area contributed by atoms with Crippen molar-refractivity contribution in [1.29, 1.82) is 0 Å². The maximum absolute atomic E-state index is 6.16. The summed E-state index contributed by atoms with van der Waals surface area (Å²) in [4.78, 5) is 4.86. The molecule has 0 spiro atoms. The second kappa shape index (κ2) is 5.90. The summed E-state index contributed by atoms with van der Waals surface area (Å²) in [7, 11) is -0.400. The monoisotopic (exact) mass is 320 g/mol. The van der Waals surface area contributed by atoms with E-state index in [1.54, 1.807) is 0 Å². The Bertz CT molecular complexity index is 546. The van der Waals surface area contributed by atoms with Crippen LogP contribution < -0.4 is 5.59 Å². The first-order valence-corrected chi connectivity index (χ1v) is 8.73. The predicted octanol–water partition coefficient (Wildman–Crippen LogP) is 2.66. The molecule has 2 aliphatic rings. The lowest BCUT2D eigenvalue weighted by atomic mass is 9.85. The fourth-order valence-corrected chi connectivity index (χ4v) is 3.17. The van der Waals surface area contributed by atoms with E-state index < -0.39 is 7.12 Å². The maximum atomic E-state index is 6.16. The Morgan fingerprint density at radius 2 is 1.87 bits per heavy atom. The van der Waals surface area contributed by atoms with E-state index in [0.717, 1.165) is 37.5 Å². The van der Waals surface area contributed by atoms with Crippen molar-refractivity contribution in [1.82, 2.24) is 9.55 Å². The van der Waals surface area contributed by atoms with Gasteiger partial charge >= 0.3 is 7.12 Å². The van der Waals surface area contributed by atoms with Gasteiger partial charge in [0.1, 0.15) is 5.82 Å². The third-order valence-electron chi connectivity index (χ3n) is 5.32. The minimum absolute atomic E-state index is 0.340. The van der Waals surface area contributed by atoms with Crippen molar-refractivity contribution in [2.45, 2.75) is 77.5 Å². The number of imidazole rings is 1. The van der Waals surface area contributed by atoms with Crippen molar-refractivity contribution in [3.8, 4) is 0 Å². The lowest BCUT2D eigenvalue weighted by Gasteiger charge is -2.32. The van der Waals surface area contributed by atoms with Gasteiger partial charge in [-0.2, -0.15) is 0 Å². The van der Waals surface area contributed by atoms with Gasteiger partial charge in [-0.05, 0) is 40.5 Å². The molecule has 1 unspecified atom stereocenters. The van der Waals surface area contributed by atoms with Crippen LogP contribution in [0.3, 0.4) is 0 Å². The summed E-state index contributed by atoms with van der Waals surface area (Å²) in [5.74, 6) is 1.44. The highest BCUT2D eigenvalue weighted by atomic mass is 16.7. The van der Waals surface area contributed by atoms with E-state index in [4.69, 9.17) is 19.0 Å². The molecule has 128 valence electrons. The van der Waals surface area contributed by atoms with Gasteiger partial charge in [0.25, 0.3) is 0 Å². The van der Waals surface area contributed by atoms with E-state index in [1.165, 1.54) is 0 Å². The molecule has 3 rings (SSSR count). The SMILES string of the molecule is CC(C)c1nc(B2OC(C)(C)C(C)(C)O2)cn1C1CCCOC1. The fourth-order valence-electron chi connectivity index (χ4n) is 3.17. The zero-order valence-corrected chi connectivity index (χ0v) is 15.3. The van der Waals surface area contributed by atoms with E-state index >= 15 is 0 Å². The van der Waals surface area contributed by atoms with E-state index in [0.29, 0.717) is 12.0 Å². The van der Waals surface area contributed by atoms with Crippen molar-refractivity contribution >= 4 is 12.7 Å². The van der Waals surface area contributed by atoms with Gasteiger partial charge in [0.15, 0.2) is 0 Å². The molecular formula is C17H29BN2O3. The Hall–Kier alpha value is -0.845. The zero-order chi connectivity index (χ0) is 16.8. The Balaban J connectivity index is 1.89. The van der Waals surface area contributed by atoms with Gasteiger partial charge < -0.3 is 18.6 Å². The molecule has 6 heteroatoms. The minimum atomic E-state index is -0.400. The molecule has 3 heterocycles. The number of hydrogen-bond acceptors (Lipinski definition) is 4. The maximum Gasteiger partial charge on any atom is 0.516 e. The minimum Gasteiger partial charge on any atom is -0.398 e. The second-order valence-electron chi connectivity index (χ2n) is 8.05. The fraction of sp³-hybridized carbons (Fsp3) is 0.824. The van der Waals surface area contributed by atoms with Gasteiger partial charge in [-0.25, -0.2) is 4.98 Å². The molecule has 0 saturated carbocycles. The van der Waals surface area contributed by atoms with Gasteiger partial charge in [-0.1, -0.05) is 13.8 Å². The van der Waals surface area contributed by atoms with Crippen LogP contribution in [0.2, 0.25) is 0 Å². The summed E-state index contributed by atoms with van der Waals surface area (Å²) in [5.41, 5.74) is 0.193. The molecule has 0 radical (unpaired) electrons. The summed E-state index contributed by atoms with van der Waals surface area (Å²) in [6, 6.07) is 0.366. The molecule has 0 bridgehead atoms. The zero-order valence-electron chi connectivity index (χ0n) is 15.3. The van der Waals surface area contributed by atoms with Crippen LogP contribution in [0.5, 0.6) is 0 Å². The van der Waals surface area contributed by atoms with Gasteiger partial charge in [-0.15, -0.1) is 0 Å². The van der Waals surface area contributed by atoms with Gasteiger partial charge in [0.2, 0.25) is 0 Å². The summed E-state index contributed by atoms with van der Waals surface area (Å²) in [6.07, 6.45) is 4.35.